The Hall–Kier alpha value is -0.940. The molecule has 1 aromatic heterocycles. The molecule has 0 aromatic carbocycles. The summed E-state index contributed by atoms with van der Waals surface area (Å²) in [5.41, 5.74) is 0. The Morgan fingerprint density at radius 1 is 1.45 bits per heavy atom. The van der Waals surface area contributed by atoms with Crippen molar-refractivity contribution in [3.8, 4) is 0 Å². The minimum absolute atomic E-state index is 0.299. The van der Waals surface area contributed by atoms with Crippen molar-refractivity contribution in [1.82, 2.24) is 20.1 Å². The van der Waals surface area contributed by atoms with E-state index in [0.717, 1.165) is 51.2 Å². The highest BCUT2D eigenvalue weighted by molar-refractivity contribution is 4.95. The number of hydrogen-bond donors (Lipinski definition) is 1. The molecule has 114 valence electrons. The Kier molecular flexibility index (Phi) is 5.98. The van der Waals surface area contributed by atoms with E-state index < -0.39 is 0 Å². The first kappa shape index (κ1) is 15.4. The van der Waals surface area contributed by atoms with Crippen LogP contribution in [0.2, 0.25) is 0 Å². The molecule has 1 aromatic rings. The lowest BCUT2D eigenvalue weighted by molar-refractivity contribution is 0.0601. The average molecular weight is 280 g/mol. The fraction of sp³-hybridized carbons (Fsp3) is 0.867. The Morgan fingerprint density at radius 3 is 2.95 bits per heavy atom. The SMILES string of the molecule is CCCNC(Cc1ncnn1CCC)C1OCCC1C. The van der Waals surface area contributed by atoms with Crippen LogP contribution in [0.3, 0.4) is 0 Å². The van der Waals surface area contributed by atoms with Crippen LogP contribution < -0.4 is 5.32 Å². The van der Waals surface area contributed by atoms with Crippen LogP contribution >= 0.6 is 0 Å². The second kappa shape index (κ2) is 7.74. The van der Waals surface area contributed by atoms with Crippen LogP contribution in [0.4, 0.5) is 0 Å². The number of ether oxygens (including phenoxy) is 1. The number of aryl methyl sites for hydroxylation is 1. The summed E-state index contributed by atoms with van der Waals surface area (Å²) >= 11 is 0. The Labute approximate surface area is 122 Å². The van der Waals surface area contributed by atoms with E-state index in [0.29, 0.717) is 18.1 Å². The highest BCUT2D eigenvalue weighted by Gasteiger charge is 2.32. The van der Waals surface area contributed by atoms with Gasteiger partial charge in [-0.05, 0) is 31.7 Å². The molecule has 1 aliphatic rings. The number of rotatable bonds is 8. The first-order chi connectivity index (χ1) is 9.76. The third kappa shape index (κ3) is 3.79. The van der Waals surface area contributed by atoms with Gasteiger partial charge in [0.1, 0.15) is 12.2 Å². The molecule has 2 rings (SSSR count). The zero-order chi connectivity index (χ0) is 14.4. The van der Waals surface area contributed by atoms with Crippen LogP contribution in [-0.4, -0.2) is 40.1 Å². The normalized spacial score (nSPS) is 24.1. The van der Waals surface area contributed by atoms with E-state index in [1.165, 1.54) is 0 Å². The van der Waals surface area contributed by atoms with Crippen molar-refractivity contribution in [1.29, 1.82) is 0 Å². The van der Waals surface area contributed by atoms with E-state index in [9.17, 15) is 0 Å². The lowest BCUT2D eigenvalue weighted by atomic mass is 9.95. The predicted molar refractivity (Wildman–Crippen MR) is 79.6 cm³/mol. The third-order valence-electron chi connectivity index (χ3n) is 4.03. The zero-order valence-electron chi connectivity index (χ0n) is 13.0. The summed E-state index contributed by atoms with van der Waals surface area (Å²) in [5, 5.41) is 7.97. The second-order valence-corrected chi connectivity index (χ2v) is 5.77. The van der Waals surface area contributed by atoms with E-state index in [2.05, 4.69) is 36.2 Å². The summed E-state index contributed by atoms with van der Waals surface area (Å²) in [4.78, 5) is 4.44. The second-order valence-electron chi connectivity index (χ2n) is 5.77. The molecular weight excluding hydrogens is 252 g/mol. The minimum Gasteiger partial charge on any atom is -0.376 e. The Morgan fingerprint density at radius 2 is 2.30 bits per heavy atom. The molecule has 1 N–H and O–H groups in total. The maximum absolute atomic E-state index is 5.95. The van der Waals surface area contributed by atoms with Crippen LogP contribution in [0.5, 0.6) is 0 Å². The molecular formula is C15H28N4O. The lowest BCUT2D eigenvalue weighted by Gasteiger charge is -2.27. The molecule has 5 heteroatoms. The topological polar surface area (TPSA) is 52.0 Å². The van der Waals surface area contributed by atoms with Gasteiger partial charge in [0.2, 0.25) is 0 Å². The largest absolute Gasteiger partial charge is 0.376 e. The van der Waals surface area contributed by atoms with Crippen molar-refractivity contribution in [2.24, 2.45) is 5.92 Å². The zero-order valence-corrected chi connectivity index (χ0v) is 13.0. The molecule has 5 nitrogen and oxygen atoms in total. The maximum atomic E-state index is 5.95. The highest BCUT2D eigenvalue weighted by Crippen LogP contribution is 2.24. The van der Waals surface area contributed by atoms with Gasteiger partial charge < -0.3 is 10.1 Å². The molecule has 3 unspecified atom stereocenters. The molecule has 1 fully saturated rings. The minimum atomic E-state index is 0.299. The fourth-order valence-electron chi connectivity index (χ4n) is 2.91. The van der Waals surface area contributed by atoms with E-state index in [-0.39, 0.29) is 0 Å². The molecule has 3 atom stereocenters. The number of nitrogens with zero attached hydrogens (tertiary/aromatic N) is 3. The first-order valence-corrected chi connectivity index (χ1v) is 7.97. The average Bonchev–Trinajstić information content (AvgIpc) is 3.04. The summed E-state index contributed by atoms with van der Waals surface area (Å²) in [6.45, 7) is 9.51. The smallest absolute Gasteiger partial charge is 0.138 e. The summed E-state index contributed by atoms with van der Waals surface area (Å²) in [6, 6.07) is 0.340. The van der Waals surface area contributed by atoms with Crippen molar-refractivity contribution >= 4 is 0 Å². The molecule has 1 saturated heterocycles. The van der Waals surface area contributed by atoms with Gasteiger partial charge in [-0.25, -0.2) is 4.98 Å². The van der Waals surface area contributed by atoms with Gasteiger partial charge in [0.25, 0.3) is 0 Å². The fourth-order valence-corrected chi connectivity index (χ4v) is 2.91. The van der Waals surface area contributed by atoms with Crippen molar-refractivity contribution in [3.05, 3.63) is 12.2 Å². The summed E-state index contributed by atoms with van der Waals surface area (Å²) in [5.74, 6) is 1.69. The predicted octanol–water partition coefficient (Wildman–Crippen LogP) is 2.02. The lowest BCUT2D eigenvalue weighted by Crippen LogP contribution is -2.44. The van der Waals surface area contributed by atoms with Crippen LogP contribution in [-0.2, 0) is 17.7 Å². The van der Waals surface area contributed by atoms with Crippen molar-refractivity contribution in [3.63, 3.8) is 0 Å². The maximum Gasteiger partial charge on any atom is 0.138 e. The van der Waals surface area contributed by atoms with Crippen molar-refractivity contribution in [2.45, 2.75) is 65.1 Å². The van der Waals surface area contributed by atoms with Crippen LogP contribution in [0.1, 0.15) is 45.9 Å². The third-order valence-corrected chi connectivity index (χ3v) is 4.03. The molecule has 0 saturated carbocycles. The molecule has 0 radical (unpaired) electrons. The van der Waals surface area contributed by atoms with Crippen LogP contribution in [0, 0.1) is 5.92 Å². The van der Waals surface area contributed by atoms with Crippen LogP contribution in [0.15, 0.2) is 6.33 Å². The summed E-state index contributed by atoms with van der Waals surface area (Å²) < 4.78 is 7.98. The molecule has 0 bridgehead atoms. The van der Waals surface area contributed by atoms with Gasteiger partial charge in [-0.1, -0.05) is 20.8 Å². The molecule has 1 aliphatic heterocycles. The van der Waals surface area contributed by atoms with Gasteiger partial charge >= 0.3 is 0 Å². The number of hydrogen-bond acceptors (Lipinski definition) is 4. The van der Waals surface area contributed by atoms with E-state index in [1.807, 2.05) is 4.68 Å². The standard InChI is InChI=1S/C15H28N4O/c1-4-7-16-13(15-12(3)6-9-20-15)10-14-17-11-18-19(14)8-5-2/h11-13,15-16H,4-10H2,1-3H3. The van der Waals surface area contributed by atoms with E-state index >= 15 is 0 Å². The van der Waals surface area contributed by atoms with Crippen molar-refractivity contribution in [2.75, 3.05) is 13.2 Å². The Bertz CT molecular complexity index is 393. The molecule has 0 aliphatic carbocycles. The highest BCUT2D eigenvalue weighted by atomic mass is 16.5. The van der Waals surface area contributed by atoms with Crippen LogP contribution in [0.25, 0.3) is 0 Å². The summed E-state index contributed by atoms with van der Waals surface area (Å²) in [7, 11) is 0. The molecule has 0 spiro atoms. The first-order valence-electron chi connectivity index (χ1n) is 7.97. The van der Waals surface area contributed by atoms with Crippen molar-refractivity contribution < 1.29 is 4.74 Å². The molecule has 20 heavy (non-hydrogen) atoms. The van der Waals surface area contributed by atoms with Gasteiger partial charge in [-0.15, -0.1) is 0 Å². The molecule has 0 amide bonds. The van der Waals surface area contributed by atoms with Gasteiger partial charge in [0, 0.05) is 25.6 Å². The number of aromatic nitrogens is 3. The summed E-state index contributed by atoms with van der Waals surface area (Å²) in [6.07, 6.45) is 6.25. The number of nitrogens with one attached hydrogen (secondary N) is 1. The Balaban J connectivity index is 2.04. The van der Waals surface area contributed by atoms with Gasteiger partial charge in [0.05, 0.1) is 6.10 Å². The van der Waals surface area contributed by atoms with E-state index in [4.69, 9.17) is 4.74 Å². The quantitative estimate of drug-likeness (QED) is 0.791. The van der Waals surface area contributed by atoms with Gasteiger partial charge in [-0.2, -0.15) is 5.10 Å². The molecule has 2 heterocycles. The monoisotopic (exact) mass is 280 g/mol. The van der Waals surface area contributed by atoms with Gasteiger partial charge in [-0.3, -0.25) is 4.68 Å². The van der Waals surface area contributed by atoms with E-state index in [1.54, 1.807) is 6.33 Å². The van der Waals surface area contributed by atoms with Gasteiger partial charge in [0.15, 0.2) is 0 Å².